The highest BCUT2D eigenvalue weighted by atomic mass is 32.2. The molecule has 0 atom stereocenters. The van der Waals surface area contributed by atoms with Crippen LogP contribution < -0.4 is 4.72 Å². The van der Waals surface area contributed by atoms with Gasteiger partial charge in [-0.2, -0.15) is 0 Å². The Morgan fingerprint density at radius 3 is 2.56 bits per heavy atom. The molecule has 0 unspecified atom stereocenters. The van der Waals surface area contributed by atoms with Crippen molar-refractivity contribution in [3.05, 3.63) is 24.0 Å². The fourth-order valence-corrected chi connectivity index (χ4v) is 1.60. The average molecular weight is 250 g/mol. The second-order valence-corrected chi connectivity index (χ2v) is 5.37. The lowest BCUT2D eigenvalue weighted by Crippen LogP contribution is -2.16. The van der Waals surface area contributed by atoms with Crippen LogP contribution in [0.3, 0.4) is 0 Å². The van der Waals surface area contributed by atoms with Crippen LogP contribution in [0, 0.1) is 0 Å². The van der Waals surface area contributed by atoms with Crippen LogP contribution in [0.25, 0.3) is 0 Å². The Bertz CT molecular complexity index is 469. The number of nitrogens with one attached hydrogen (secondary N) is 1. The van der Waals surface area contributed by atoms with Crippen LogP contribution in [0.5, 0.6) is 0 Å². The molecular weight excluding hydrogens is 238 g/mol. The summed E-state index contributed by atoms with van der Waals surface area (Å²) in [5.41, 5.74) is -0.287. The van der Waals surface area contributed by atoms with Crippen molar-refractivity contribution in [1.82, 2.24) is 4.98 Å². The number of hydrogen-bond donors (Lipinski definition) is 1. The zero-order valence-corrected chi connectivity index (χ0v) is 9.68. The Morgan fingerprint density at radius 2 is 2.06 bits per heavy atom. The summed E-state index contributed by atoms with van der Waals surface area (Å²) in [6, 6.07) is 1.07. The van der Waals surface area contributed by atoms with E-state index in [0.29, 0.717) is 0 Å². The first-order chi connectivity index (χ1) is 7.24. The lowest BCUT2D eigenvalue weighted by molar-refractivity contribution is 0.0172. The number of sulfonamides is 1. The van der Waals surface area contributed by atoms with Gasteiger partial charge in [0.05, 0.1) is 17.6 Å². The molecule has 0 aliphatic rings. The van der Waals surface area contributed by atoms with E-state index in [1.807, 2.05) is 0 Å². The van der Waals surface area contributed by atoms with Gasteiger partial charge in [-0.05, 0) is 13.0 Å². The molecule has 4 nitrogen and oxygen atoms in total. The monoisotopic (exact) mass is 250 g/mol. The molecule has 0 fully saturated rings. The normalized spacial score (nSPS) is 12.5. The van der Waals surface area contributed by atoms with Crippen molar-refractivity contribution in [1.29, 1.82) is 0 Å². The second kappa shape index (κ2) is 4.32. The van der Waals surface area contributed by atoms with Gasteiger partial charge in [0, 0.05) is 18.7 Å². The van der Waals surface area contributed by atoms with Crippen molar-refractivity contribution in [2.75, 3.05) is 10.5 Å². The minimum Gasteiger partial charge on any atom is -0.282 e. The summed E-state index contributed by atoms with van der Waals surface area (Å²) in [7, 11) is -3.47. The first kappa shape index (κ1) is 12.8. The van der Waals surface area contributed by atoms with Crippen LogP contribution in [0.2, 0.25) is 0 Å². The van der Waals surface area contributed by atoms with E-state index in [9.17, 15) is 17.2 Å². The van der Waals surface area contributed by atoms with Crippen LogP contribution in [0.4, 0.5) is 14.5 Å². The van der Waals surface area contributed by atoms with E-state index in [1.54, 1.807) is 0 Å². The lowest BCUT2D eigenvalue weighted by Gasteiger charge is -2.12. The van der Waals surface area contributed by atoms with Crippen molar-refractivity contribution >= 4 is 15.7 Å². The largest absolute Gasteiger partial charge is 0.282 e. The van der Waals surface area contributed by atoms with Gasteiger partial charge < -0.3 is 0 Å². The van der Waals surface area contributed by atoms with Gasteiger partial charge in [0.15, 0.2) is 0 Å². The van der Waals surface area contributed by atoms with E-state index >= 15 is 0 Å². The van der Waals surface area contributed by atoms with Crippen molar-refractivity contribution in [3.63, 3.8) is 0 Å². The number of nitrogens with zero attached hydrogens (tertiary/aromatic N) is 1. The zero-order chi connectivity index (χ0) is 12.4. The van der Waals surface area contributed by atoms with Crippen molar-refractivity contribution in [2.24, 2.45) is 0 Å². The Kier molecular flexibility index (Phi) is 3.47. The molecule has 0 amide bonds. The summed E-state index contributed by atoms with van der Waals surface area (Å²) in [5.74, 6) is -3.17. The molecule has 0 aromatic carbocycles. The highest BCUT2D eigenvalue weighted by Gasteiger charge is 2.25. The van der Waals surface area contributed by atoms with Crippen LogP contribution >= 0.6 is 0 Å². The van der Waals surface area contributed by atoms with Gasteiger partial charge in [-0.3, -0.25) is 9.71 Å². The third kappa shape index (κ3) is 3.41. The summed E-state index contributed by atoms with van der Waals surface area (Å²) in [4.78, 5) is 3.56. The van der Waals surface area contributed by atoms with E-state index in [4.69, 9.17) is 0 Å². The zero-order valence-electron chi connectivity index (χ0n) is 8.87. The number of halogens is 2. The molecular formula is C9H12F2N2O2S. The third-order valence-electron chi connectivity index (χ3n) is 1.90. The quantitative estimate of drug-likeness (QED) is 0.888. The number of rotatable bonds is 4. The summed E-state index contributed by atoms with van der Waals surface area (Å²) in [6.45, 7) is 2.18. The maximum atomic E-state index is 12.9. The van der Waals surface area contributed by atoms with Crippen molar-refractivity contribution < 1.29 is 17.2 Å². The van der Waals surface area contributed by atoms with Crippen LogP contribution in [0.15, 0.2) is 18.5 Å². The predicted octanol–water partition coefficient (Wildman–Crippen LogP) is 1.95. The van der Waals surface area contributed by atoms with Crippen LogP contribution in [0.1, 0.15) is 19.4 Å². The SMILES string of the molecule is CCS(=O)(=O)Nc1cncc(C(C)(F)F)c1. The molecule has 1 aromatic rings. The van der Waals surface area contributed by atoms with Crippen molar-refractivity contribution in [3.8, 4) is 0 Å². The summed E-state index contributed by atoms with van der Waals surface area (Å²) in [5, 5.41) is 0. The summed E-state index contributed by atoms with van der Waals surface area (Å²) in [6.07, 6.45) is 2.19. The molecule has 0 aliphatic heterocycles. The standard InChI is InChI=1S/C9H12F2N2O2S/c1-3-16(14,15)13-8-4-7(5-12-6-8)9(2,10)11/h4-6,13H,3H2,1-2H3. The number of aromatic nitrogens is 1. The molecule has 90 valence electrons. The van der Waals surface area contributed by atoms with E-state index < -0.39 is 15.9 Å². The van der Waals surface area contributed by atoms with Crippen LogP contribution in [-0.2, 0) is 15.9 Å². The second-order valence-electron chi connectivity index (χ2n) is 3.36. The number of pyridine rings is 1. The van der Waals surface area contributed by atoms with Gasteiger partial charge in [0.25, 0.3) is 5.92 Å². The highest BCUT2D eigenvalue weighted by Crippen LogP contribution is 2.27. The first-order valence-electron chi connectivity index (χ1n) is 4.58. The molecule has 0 saturated carbocycles. The molecule has 0 aliphatic carbocycles. The lowest BCUT2D eigenvalue weighted by atomic mass is 10.2. The molecule has 1 aromatic heterocycles. The first-order valence-corrected chi connectivity index (χ1v) is 6.23. The Labute approximate surface area is 92.8 Å². The maximum absolute atomic E-state index is 12.9. The fourth-order valence-electron chi connectivity index (χ4n) is 0.988. The summed E-state index contributed by atoms with van der Waals surface area (Å²) >= 11 is 0. The van der Waals surface area contributed by atoms with E-state index in [0.717, 1.165) is 19.2 Å². The Balaban J connectivity index is 3.01. The minimum absolute atomic E-state index is 0.0425. The number of anilines is 1. The molecule has 0 radical (unpaired) electrons. The van der Waals surface area contributed by atoms with Crippen molar-refractivity contribution in [2.45, 2.75) is 19.8 Å². The topological polar surface area (TPSA) is 59.1 Å². The average Bonchev–Trinajstić information content (AvgIpc) is 2.16. The minimum atomic E-state index is -3.47. The molecule has 16 heavy (non-hydrogen) atoms. The molecule has 1 N–H and O–H groups in total. The van der Waals surface area contributed by atoms with Gasteiger partial charge in [-0.1, -0.05) is 0 Å². The van der Waals surface area contributed by atoms with Gasteiger partial charge in [-0.25, -0.2) is 17.2 Å². The number of hydrogen-bond acceptors (Lipinski definition) is 3. The molecule has 0 spiro atoms. The predicted molar refractivity (Wildman–Crippen MR) is 56.9 cm³/mol. The van der Waals surface area contributed by atoms with Crippen LogP contribution in [-0.4, -0.2) is 19.2 Å². The van der Waals surface area contributed by atoms with Gasteiger partial charge in [-0.15, -0.1) is 0 Å². The smallest absolute Gasteiger partial charge is 0.272 e. The van der Waals surface area contributed by atoms with Gasteiger partial charge in [0.1, 0.15) is 0 Å². The summed E-state index contributed by atoms with van der Waals surface area (Å²) < 4.78 is 50.4. The molecule has 0 bridgehead atoms. The molecule has 1 rings (SSSR count). The van der Waals surface area contributed by atoms with E-state index in [-0.39, 0.29) is 17.0 Å². The third-order valence-corrected chi connectivity index (χ3v) is 3.21. The Morgan fingerprint density at radius 1 is 1.44 bits per heavy atom. The number of alkyl halides is 2. The highest BCUT2D eigenvalue weighted by molar-refractivity contribution is 7.92. The maximum Gasteiger partial charge on any atom is 0.272 e. The fraction of sp³-hybridized carbons (Fsp3) is 0.444. The van der Waals surface area contributed by atoms with Gasteiger partial charge in [0.2, 0.25) is 10.0 Å². The van der Waals surface area contributed by atoms with E-state index in [1.165, 1.54) is 13.1 Å². The van der Waals surface area contributed by atoms with E-state index in [2.05, 4.69) is 9.71 Å². The Hall–Kier alpha value is -1.24. The van der Waals surface area contributed by atoms with Gasteiger partial charge >= 0.3 is 0 Å². The molecule has 7 heteroatoms. The molecule has 0 saturated heterocycles. The molecule has 1 heterocycles.